The van der Waals surface area contributed by atoms with Crippen molar-refractivity contribution in [2.45, 2.75) is 12.5 Å². The van der Waals surface area contributed by atoms with Gasteiger partial charge in [0.1, 0.15) is 5.75 Å². The molecule has 0 saturated carbocycles. The van der Waals surface area contributed by atoms with Gasteiger partial charge in [-0.1, -0.05) is 12.1 Å². The standard InChI is InChI=1S/C11H18N2O2/c1-15-11-5-3-2-4-10(11)13-8-9(14)6-7-12/h2-5,9,13-14H,6-8,12H2,1H3. The Morgan fingerprint density at radius 1 is 1.47 bits per heavy atom. The number of hydrogen-bond donors (Lipinski definition) is 3. The molecule has 0 radical (unpaired) electrons. The molecule has 1 rings (SSSR count). The van der Waals surface area contributed by atoms with E-state index < -0.39 is 6.10 Å². The van der Waals surface area contributed by atoms with E-state index in [1.807, 2.05) is 24.3 Å². The fraction of sp³-hybridized carbons (Fsp3) is 0.455. The topological polar surface area (TPSA) is 67.5 Å². The van der Waals surface area contributed by atoms with E-state index in [0.717, 1.165) is 11.4 Å². The van der Waals surface area contributed by atoms with E-state index >= 15 is 0 Å². The van der Waals surface area contributed by atoms with Crippen LogP contribution in [0.3, 0.4) is 0 Å². The lowest BCUT2D eigenvalue weighted by Gasteiger charge is -2.14. The summed E-state index contributed by atoms with van der Waals surface area (Å²) in [6.07, 6.45) is 0.183. The maximum Gasteiger partial charge on any atom is 0.141 e. The van der Waals surface area contributed by atoms with Gasteiger partial charge in [-0.2, -0.15) is 0 Å². The van der Waals surface area contributed by atoms with Crippen LogP contribution in [0.25, 0.3) is 0 Å². The molecule has 1 aromatic rings. The Hall–Kier alpha value is -1.26. The van der Waals surface area contributed by atoms with Crippen molar-refractivity contribution >= 4 is 5.69 Å². The molecule has 0 aliphatic rings. The second kappa shape index (κ2) is 6.27. The minimum absolute atomic E-state index is 0.417. The molecule has 1 unspecified atom stereocenters. The quantitative estimate of drug-likeness (QED) is 0.650. The highest BCUT2D eigenvalue weighted by molar-refractivity contribution is 5.56. The van der Waals surface area contributed by atoms with Gasteiger partial charge in [0.15, 0.2) is 0 Å². The van der Waals surface area contributed by atoms with Gasteiger partial charge in [-0.05, 0) is 25.1 Å². The number of rotatable bonds is 6. The first-order chi connectivity index (χ1) is 7.27. The molecule has 0 aliphatic heterocycles. The van der Waals surface area contributed by atoms with Crippen LogP contribution >= 0.6 is 0 Å². The van der Waals surface area contributed by atoms with Gasteiger partial charge in [-0.25, -0.2) is 0 Å². The minimum Gasteiger partial charge on any atom is -0.495 e. The third-order valence-electron chi connectivity index (χ3n) is 2.14. The largest absolute Gasteiger partial charge is 0.495 e. The average Bonchev–Trinajstić information content (AvgIpc) is 2.27. The van der Waals surface area contributed by atoms with E-state index in [4.69, 9.17) is 10.5 Å². The number of nitrogens with one attached hydrogen (secondary N) is 1. The fourth-order valence-corrected chi connectivity index (χ4v) is 1.31. The summed E-state index contributed by atoms with van der Waals surface area (Å²) in [7, 11) is 1.62. The van der Waals surface area contributed by atoms with Crippen molar-refractivity contribution in [2.24, 2.45) is 5.73 Å². The molecule has 0 amide bonds. The van der Waals surface area contributed by atoms with Crippen molar-refractivity contribution in [1.82, 2.24) is 0 Å². The van der Waals surface area contributed by atoms with Crippen LogP contribution in [0.5, 0.6) is 5.75 Å². The van der Waals surface area contributed by atoms with Crippen molar-refractivity contribution in [1.29, 1.82) is 0 Å². The third-order valence-corrected chi connectivity index (χ3v) is 2.14. The van der Waals surface area contributed by atoms with Crippen LogP contribution in [0.15, 0.2) is 24.3 Å². The van der Waals surface area contributed by atoms with E-state index in [1.165, 1.54) is 0 Å². The van der Waals surface area contributed by atoms with Crippen LogP contribution in [-0.4, -0.2) is 31.4 Å². The van der Waals surface area contributed by atoms with Crippen LogP contribution in [0.2, 0.25) is 0 Å². The summed E-state index contributed by atoms with van der Waals surface area (Å²) >= 11 is 0. The predicted octanol–water partition coefficient (Wildman–Crippen LogP) is 0.817. The van der Waals surface area contributed by atoms with Crippen LogP contribution < -0.4 is 15.8 Å². The zero-order valence-electron chi connectivity index (χ0n) is 8.94. The maximum atomic E-state index is 9.49. The first kappa shape index (κ1) is 11.8. The summed E-state index contributed by atoms with van der Waals surface area (Å²) in [5.41, 5.74) is 6.23. The molecular formula is C11H18N2O2. The van der Waals surface area contributed by atoms with Gasteiger partial charge < -0.3 is 20.9 Å². The number of anilines is 1. The number of nitrogens with two attached hydrogens (primary N) is 1. The summed E-state index contributed by atoms with van der Waals surface area (Å²) in [5.74, 6) is 0.775. The highest BCUT2D eigenvalue weighted by Crippen LogP contribution is 2.22. The smallest absolute Gasteiger partial charge is 0.141 e. The Labute approximate surface area is 90.1 Å². The van der Waals surface area contributed by atoms with E-state index in [-0.39, 0.29) is 0 Å². The van der Waals surface area contributed by atoms with E-state index in [0.29, 0.717) is 19.5 Å². The van der Waals surface area contributed by atoms with Crippen molar-refractivity contribution < 1.29 is 9.84 Å². The molecule has 0 bridgehead atoms. The van der Waals surface area contributed by atoms with Gasteiger partial charge >= 0.3 is 0 Å². The van der Waals surface area contributed by atoms with Gasteiger partial charge in [0.05, 0.1) is 18.9 Å². The molecule has 1 aromatic carbocycles. The number of para-hydroxylation sites is 2. The molecule has 0 saturated heterocycles. The molecule has 84 valence electrons. The van der Waals surface area contributed by atoms with Gasteiger partial charge in [0.2, 0.25) is 0 Å². The van der Waals surface area contributed by atoms with Gasteiger partial charge in [-0.3, -0.25) is 0 Å². The van der Waals surface area contributed by atoms with Crippen molar-refractivity contribution in [2.75, 3.05) is 25.5 Å². The number of aliphatic hydroxyl groups is 1. The fourth-order valence-electron chi connectivity index (χ4n) is 1.31. The van der Waals surface area contributed by atoms with E-state index in [9.17, 15) is 5.11 Å². The number of methoxy groups -OCH3 is 1. The molecule has 15 heavy (non-hydrogen) atoms. The lowest BCUT2D eigenvalue weighted by atomic mass is 10.2. The Morgan fingerprint density at radius 2 is 2.20 bits per heavy atom. The first-order valence-corrected chi connectivity index (χ1v) is 5.03. The second-order valence-corrected chi connectivity index (χ2v) is 3.31. The lowest BCUT2D eigenvalue weighted by molar-refractivity contribution is 0.180. The zero-order valence-corrected chi connectivity index (χ0v) is 8.94. The molecule has 0 fully saturated rings. The molecule has 4 nitrogen and oxygen atoms in total. The number of ether oxygens (including phenoxy) is 1. The number of aliphatic hydroxyl groups excluding tert-OH is 1. The number of hydrogen-bond acceptors (Lipinski definition) is 4. The Balaban J connectivity index is 2.49. The minimum atomic E-state index is -0.417. The summed E-state index contributed by atoms with van der Waals surface area (Å²) in [6.45, 7) is 0.979. The van der Waals surface area contributed by atoms with Crippen LogP contribution in [0.1, 0.15) is 6.42 Å². The molecule has 4 heteroatoms. The van der Waals surface area contributed by atoms with E-state index in [2.05, 4.69) is 5.32 Å². The summed E-state index contributed by atoms with van der Waals surface area (Å²) < 4.78 is 5.17. The summed E-state index contributed by atoms with van der Waals surface area (Å²) in [5, 5.41) is 12.6. The third kappa shape index (κ3) is 3.77. The molecule has 0 heterocycles. The Morgan fingerprint density at radius 3 is 2.87 bits per heavy atom. The molecular weight excluding hydrogens is 192 g/mol. The van der Waals surface area contributed by atoms with Crippen molar-refractivity contribution in [3.63, 3.8) is 0 Å². The second-order valence-electron chi connectivity index (χ2n) is 3.31. The van der Waals surface area contributed by atoms with Crippen LogP contribution in [0, 0.1) is 0 Å². The molecule has 0 aliphatic carbocycles. The summed E-state index contributed by atoms with van der Waals surface area (Å²) in [6, 6.07) is 7.60. The molecule has 4 N–H and O–H groups in total. The highest BCUT2D eigenvalue weighted by Gasteiger charge is 2.04. The van der Waals surface area contributed by atoms with Gasteiger partial charge in [0.25, 0.3) is 0 Å². The predicted molar refractivity (Wildman–Crippen MR) is 61.2 cm³/mol. The Bertz CT molecular complexity index is 292. The van der Waals surface area contributed by atoms with Gasteiger partial charge in [-0.15, -0.1) is 0 Å². The van der Waals surface area contributed by atoms with Crippen molar-refractivity contribution in [3.8, 4) is 5.75 Å². The number of benzene rings is 1. The SMILES string of the molecule is COc1ccccc1NCC(O)CCN. The molecule has 0 aromatic heterocycles. The molecule has 1 atom stereocenters. The first-order valence-electron chi connectivity index (χ1n) is 5.03. The van der Waals surface area contributed by atoms with Crippen molar-refractivity contribution in [3.05, 3.63) is 24.3 Å². The highest BCUT2D eigenvalue weighted by atomic mass is 16.5. The molecule has 0 spiro atoms. The summed E-state index contributed by atoms with van der Waals surface area (Å²) in [4.78, 5) is 0. The van der Waals surface area contributed by atoms with E-state index in [1.54, 1.807) is 7.11 Å². The lowest BCUT2D eigenvalue weighted by Crippen LogP contribution is -2.22. The monoisotopic (exact) mass is 210 g/mol. The van der Waals surface area contributed by atoms with Crippen LogP contribution in [-0.2, 0) is 0 Å². The Kier molecular flexibility index (Phi) is 4.93. The van der Waals surface area contributed by atoms with Gasteiger partial charge in [0, 0.05) is 6.54 Å². The maximum absolute atomic E-state index is 9.49. The normalized spacial score (nSPS) is 12.2. The average molecular weight is 210 g/mol. The van der Waals surface area contributed by atoms with Crippen LogP contribution in [0.4, 0.5) is 5.69 Å². The zero-order chi connectivity index (χ0) is 11.1.